The molecule has 0 radical (unpaired) electrons. The van der Waals surface area contributed by atoms with Crippen LogP contribution in [0.3, 0.4) is 0 Å². The Morgan fingerprint density at radius 1 is 1.55 bits per heavy atom. The van der Waals surface area contributed by atoms with Crippen LogP contribution in [0.2, 0.25) is 5.02 Å². The SMILES string of the molecule is CC(Oc1ccc(Cl)cc1Br)C(=O)N(C)Cc1nccn1C. The van der Waals surface area contributed by atoms with E-state index in [1.54, 1.807) is 43.3 Å². The van der Waals surface area contributed by atoms with Crippen molar-refractivity contribution in [3.8, 4) is 5.75 Å². The Labute approximate surface area is 143 Å². The lowest BCUT2D eigenvalue weighted by molar-refractivity contribution is -0.137. The average Bonchev–Trinajstić information content (AvgIpc) is 2.86. The Kier molecular flexibility index (Phi) is 5.47. The summed E-state index contributed by atoms with van der Waals surface area (Å²) in [5.41, 5.74) is 0. The summed E-state index contributed by atoms with van der Waals surface area (Å²) in [6.07, 6.45) is 2.94. The lowest BCUT2D eigenvalue weighted by Gasteiger charge is -2.22. The molecule has 0 N–H and O–H groups in total. The van der Waals surface area contributed by atoms with Crippen molar-refractivity contribution in [2.45, 2.75) is 19.6 Å². The summed E-state index contributed by atoms with van der Waals surface area (Å²) in [6.45, 7) is 2.15. The lowest BCUT2D eigenvalue weighted by atomic mass is 10.3. The Bertz CT molecular complexity index is 675. The summed E-state index contributed by atoms with van der Waals surface area (Å²) in [7, 11) is 3.62. The molecule has 0 spiro atoms. The molecule has 1 aromatic heterocycles. The van der Waals surface area contributed by atoms with Crippen LogP contribution in [0.25, 0.3) is 0 Å². The largest absolute Gasteiger partial charge is 0.480 e. The Balaban J connectivity index is 2.00. The molecule has 0 aliphatic rings. The van der Waals surface area contributed by atoms with E-state index < -0.39 is 6.10 Å². The predicted octanol–water partition coefficient (Wildman–Crippen LogP) is 3.26. The third kappa shape index (κ3) is 4.01. The molecule has 1 atom stereocenters. The smallest absolute Gasteiger partial charge is 0.263 e. The summed E-state index contributed by atoms with van der Waals surface area (Å²) in [4.78, 5) is 18.2. The number of halogens is 2. The van der Waals surface area contributed by atoms with Gasteiger partial charge in [0.05, 0.1) is 11.0 Å². The molecule has 5 nitrogen and oxygen atoms in total. The van der Waals surface area contributed by atoms with E-state index in [-0.39, 0.29) is 5.91 Å². The van der Waals surface area contributed by atoms with Gasteiger partial charge in [-0.05, 0) is 41.1 Å². The zero-order valence-corrected chi connectivity index (χ0v) is 14.9. The topological polar surface area (TPSA) is 47.4 Å². The van der Waals surface area contributed by atoms with Gasteiger partial charge >= 0.3 is 0 Å². The molecule has 1 unspecified atom stereocenters. The zero-order chi connectivity index (χ0) is 16.3. The van der Waals surface area contributed by atoms with Crippen LogP contribution in [0.4, 0.5) is 0 Å². The van der Waals surface area contributed by atoms with Crippen molar-refractivity contribution in [2.24, 2.45) is 7.05 Å². The molecule has 1 aromatic carbocycles. The lowest BCUT2D eigenvalue weighted by Crippen LogP contribution is -2.38. The molecule has 0 saturated heterocycles. The van der Waals surface area contributed by atoms with Crippen LogP contribution in [-0.2, 0) is 18.4 Å². The van der Waals surface area contributed by atoms with E-state index in [1.807, 2.05) is 17.8 Å². The molecular formula is C15H17BrClN3O2. The number of aromatic nitrogens is 2. The first-order valence-electron chi connectivity index (χ1n) is 6.71. The molecule has 2 aromatic rings. The van der Waals surface area contributed by atoms with Gasteiger partial charge in [0.15, 0.2) is 6.10 Å². The minimum absolute atomic E-state index is 0.121. The highest BCUT2D eigenvalue weighted by molar-refractivity contribution is 9.10. The number of imidazole rings is 1. The molecular weight excluding hydrogens is 370 g/mol. The van der Waals surface area contributed by atoms with Crippen molar-refractivity contribution < 1.29 is 9.53 Å². The molecule has 0 saturated carbocycles. The predicted molar refractivity (Wildman–Crippen MR) is 88.9 cm³/mol. The van der Waals surface area contributed by atoms with Crippen molar-refractivity contribution in [2.75, 3.05) is 7.05 Å². The molecule has 0 bridgehead atoms. The number of rotatable bonds is 5. The molecule has 118 valence electrons. The van der Waals surface area contributed by atoms with Gasteiger partial charge in [0.25, 0.3) is 5.91 Å². The molecule has 1 amide bonds. The van der Waals surface area contributed by atoms with Crippen LogP contribution in [0.1, 0.15) is 12.7 Å². The van der Waals surface area contributed by atoms with Gasteiger partial charge in [0.1, 0.15) is 11.6 Å². The highest BCUT2D eigenvalue weighted by Crippen LogP contribution is 2.28. The maximum absolute atomic E-state index is 12.4. The summed E-state index contributed by atoms with van der Waals surface area (Å²) >= 11 is 9.26. The maximum atomic E-state index is 12.4. The van der Waals surface area contributed by atoms with Crippen LogP contribution >= 0.6 is 27.5 Å². The molecule has 0 fully saturated rings. The van der Waals surface area contributed by atoms with Crippen molar-refractivity contribution in [1.29, 1.82) is 0 Å². The summed E-state index contributed by atoms with van der Waals surface area (Å²) in [5, 5.41) is 0.602. The van der Waals surface area contributed by atoms with E-state index in [0.717, 1.165) is 5.82 Å². The average molecular weight is 387 g/mol. The normalized spacial score (nSPS) is 12.0. The third-order valence-electron chi connectivity index (χ3n) is 3.22. The number of carbonyl (C=O) groups is 1. The maximum Gasteiger partial charge on any atom is 0.263 e. The van der Waals surface area contributed by atoms with E-state index in [4.69, 9.17) is 16.3 Å². The van der Waals surface area contributed by atoms with E-state index >= 15 is 0 Å². The standard InChI is InChI=1S/C15H17BrClN3O2/c1-10(22-13-5-4-11(17)8-12(13)16)15(21)20(3)9-14-18-6-7-19(14)2/h4-8,10H,9H2,1-3H3. The summed E-state index contributed by atoms with van der Waals surface area (Å²) < 4.78 is 8.30. The number of aryl methyl sites for hydroxylation is 1. The number of carbonyl (C=O) groups excluding carboxylic acids is 1. The zero-order valence-electron chi connectivity index (χ0n) is 12.6. The second kappa shape index (κ2) is 7.15. The fraction of sp³-hybridized carbons (Fsp3) is 0.333. The minimum Gasteiger partial charge on any atom is -0.480 e. The number of ether oxygens (including phenoxy) is 1. The minimum atomic E-state index is -0.609. The van der Waals surface area contributed by atoms with Gasteiger partial charge < -0.3 is 14.2 Å². The van der Waals surface area contributed by atoms with Crippen LogP contribution in [-0.4, -0.2) is 33.5 Å². The van der Waals surface area contributed by atoms with Gasteiger partial charge in [-0.1, -0.05) is 11.6 Å². The number of amides is 1. The molecule has 0 aliphatic heterocycles. The third-order valence-corrected chi connectivity index (χ3v) is 4.08. The van der Waals surface area contributed by atoms with E-state index in [0.29, 0.717) is 21.8 Å². The van der Waals surface area contributed by atoms with E-state index in [1.165, 1.54) is 0 Å². The Morgan fingerprint density at radius 2 is 2.27 bits per heavy atom. The van der Waals surface area contributed by atoms with Crippen LogP contribution < -0.4 is 4.74 Å². The quantitative estimate of drug-likeness (QED) is 0.792. The second-order valence-corrected chi connectivity index (χ2v) is 6.27. The van der Waals surface area contributed by atoms with Crippen molar-refractivity contribution in [3.05, 3.63) is 45.9 Å². The van der Waals surface area contributed by atoms with Crippen molar-refractivity contribution in [1.82, 2.24) is 14.5 Å². The number of benzene rings is 1. The molecule has 7 heteroatoms. The fourth-order valence-corrected chi connectivity index (χ4v) is 2.74. The van der Waals surface area contributed by atoms with Gasteiger partial charge in [-0.15, -0.1) is 0 Å². The number of hydrogen-bond donors (Lipinski definition) is 0. The summed E-state index contributed by atoms with van der Waals surface area (Å²) in [5.74, 6) is 1.27. The van der Waals surface area contributed by atoms with Crippen LogP contribution in [0.5, 0.6) is 5.75 Å². The Hall–Kier alpha value is -1.53. The first-order chi connectivity index (χ1) is 10.4. The molecule has 1 heterocycles. The fourth-order valence-electron chi connectivity index (χ4n) is 1.96. The Morgan fingerprint density at radius 3 is 2.86 bits per heavy atom. The monoisotopic (exact) mass is 385 g/mol. The van der Waals surface area contributed by atoms with Crippen molar-refractivity contribution in [3.63, 3.8) is 0 Å². The molecule has 2 rings (SSSR count). The molecule has 0 aliphatic carbocycles. The molecule has 22 heavy (non-hydrogen) atoms. The number of hydrogen-bond acceptors (Lipinski definition) is 3. The van der Waals surface area contributed by atoms with Crippen molar-refractivity contribution >= 4 is 33.4 Å². The first-order valence-corrected chi connectivity index (χ1v) is 7.88. The van der Waals surface area contributed by atoms with Crippen LogP contribution in [0.15, 0.2) is 35.1 Å². The number of likely N-dealkylation sites (N-methyl/N-ethyl adjacent to an activating group) is 1. The van der Waals surface area contributed by atoms with E-state index in [2.05, 4.69) is 20.9 Å². The first kappa shape index (κ1) is 16.8. The second-order valence-electron chi connectivity index (χ2n) is 4.98. The van der Waals surface area contributed by atoms with E-state index in [9.17, 15) is 4.79 Å². The summed E-state index contributed by atoms with van der Waals surface area (Å²) in [6, 6.07) is 5.18. The highest BCUT2D eigenvalue weighted by atomic mass is 79.9. The van der Waals surface area contributed by atoms with Gasteiger partial charge in [0.2, 0.25) is 0 Å². The van der Waals surface area contributed by atoms with Gasteiger partial charge in [-0.25, -0.2) is 4.98 Å². The van der Waals surface area contributed by atoms with Gasteiger partial charge in [0, 0.05) is 31.5 Å². The van der Waals surface area contributed by atoms with Crippen LogP contribution in [0, 0.1) is 0 Å². The van der Waals surface area contributed by atoms with Gasteiger partial charge in [-0.3, -0.25) is 4.79 Å². The number of nitrogens with zero attached hydrogens (tertiary/aromatic N) is 3. The highest BCUT2D eigenvalue weighted by Gasteiger charge is 2.21. The van der Waals surface area contributed by atoms with Gasteiger partial charge in [-0.2, -0.15) is 0 Å².